The van der Waals surface area contributed by atoms with Crippen LogP contribution in [0.3, 0.4) is 0 Å². The van der Waals surface area contributed by atoms with Gasteiger partial charge in [-0.25, -0.2) is 4.79 Å². The topological polar surface area (TPSA) is 75.6 Å². The Morgan fingerprint density at radius 1 is 1.08 bits per heavy atom. The largest absolute Gasteiger partial charge is 0.481 e. The zero-order valence-corrected chi connectivity index (χ0v) is 14.9. The molecule has 0 fully saturated rings. The van der Waals surface area contributed by atoms with Gasteiger partial charge in [0.2, 0.25) is 0 Å². The number of carbonyl (C=O) groups is 2. The summed E-state index contributed by atoms with van der Waals surface area (Å²) in [5.41, 5.74) is 2.90. The molecule has 0 aliphatic carbocycles. The summed E-state index contributed by atoms with van der Waals surface area (Å²) in [4.78, 5) is 23.3. The third-order valence-corrected chi connectivity index (χ3v) is 3.92. The number of carboxylic acid groups (broad SMARTS) is 1. The molecule has 132 valence electrons. The summed E-state index contributed by atoms with van der Waals surface area (Å²) >= 11 is 0. The molecule has 1 amide bonds. The lowest BCUT2D eigenvalue weighted by molar-refractivity contribution is -0.122. The van der Waals surface area contributed by atoms with Gasteiger partial charge in [0.1, 0.15) is 5.75 Å². The Balaban J connectivity index is 2.04. The highest BCUT2D eigenvalue weighted by atomic mass is 16.5. The van der Waals surface area contributed by atoms with Crippen molar-refractivity contribution < 1.29 is 19.4 Å². The molecule has 25 heavy (non-hydrogen) atoms. The molecule has 0 aliphatic rings. The van der Waals surface area contributed by atoms with E-state index in [2.05, 4.69) is 19.2 Å². The van der Waals surface area contributed by atoms with Crippen molar-refractivity contribution in [3.05, 3.63) is 59.2 Å². The smallest absolute Gasteiger partial charge is 0.335 e. The number of benzene rings is 2. The van der Waals surface area contributed by atoms with Crippen LogP contribution in [0.5, 0.6) is 5.75 Å². The number of hydrogen-bond donors (Lipinski definition) is 2. The number of aryl methyl sites for hydroxylation is 1. The first-order valence-electron chi connectivity index (χ1n) is 8.19. The minimum atomic E-state index is -1.04. The molecule has 2 N–H and O–H groups in total. The summed E-state index contributed by atoms with van der Waals surface area (Å²) in [6.45, 7) is 7.93. The van der Waals surface area contributed by atoms with E-state index in [1.165, 1.54) is 17.7 Å². The van der Waals surface area contributed by atoms with Gasteiger partial charge < -0.3 is 15.2 Å². The number of anilines is 1. The van der Waals surface area contributed by atoms with Gasteiger partial charge in [0.05, 0.1) is 5.56 Å². The van der Waals surface area contributed by atoms with Crippen LogP contribution in [0.15, 0.2) is 42.5 Å². The number of hydrogen-bond acceptors (Lipinski definition) is 3. The maximum Gasteiger partial charge on any atom is 0.335 e. The maximum atomic E-state index is 12.3. The van der Waals surface area contributed by atoms with Crippen LogP contribution < -0.4 is 10.1 Å². The first-order chi connectivity index (χ1) is 11.8. The van der Waals surface area contributed by atoms with Crippen molar-refractivity contribution in [1.29, 1.82) is 0 Å². The van der Waals surface area contributed by atoms with Crippen molar-refractivity contribution in [1.82, 2.24) is 0 Å². The van der Waals surface area contributed by atoms with Gasteiger partial charge in [0, 0.05) is 5.69 Å². The normalized spacial score (nSPS) is 11.9. The fourth-order valence-corrected chi connectivity index (χ4v) is 2.60. The van der Waals surface area contributed by atoms with Gasteiger partial charge in [0.15, 0.2) is 6.10 Å². The lowest BCUT2D eigenvalue weighted by Gasteiger charge is -2.17. The molecule has 2 rings (SSSR count). The highest BCUT2D eigenvalue weighted by molar-refractivity contribution is 5.96. The molecule has 1 atom stereocenters. The van der Waals surface area contributed by atoms with Crippen LogP contribution in [0.25, 0.3) is 0 Å². The van der Waals surface area contributed by atoms with E-state index in [1.807, 2.05) is 25.1 Å². The first kappa shape index (κ1) is 18.5. The van der Waals surface area contributed by atoms with Gasteiger partial charge in [-0.2, -0.15) is 0 Å². The first-order valence-corrected chi connectivity index (χ1v) is 8.19. The van der Waals surface area contributed by atoms with Crippen LogP contribution in [-0.2, 0) is 4.79 Å². The summed E-state index contributed by atoms with van der Waals surface area (Å²) in [5, 5.41) is 11.7. The van der Waals surface area contributed by atoms with E-state index >= 15 is 0 Å². The predicted molar refractivity (Wildman–Crippen MR) is 97.4 cm³/mol. The number of carboxylic acids is 1. The molecule has 0 spiro atoms. The standard InChI is InChI=1S/C20H23NO4/c1-12(2)18-9-8-17(10-13(18)3)25-14(4)19(22)21-16-7-5-6-15(11-16)20(23)24/h5-12,14H,1-4H3,(H,21,22)(H,23,24). The van der Waals surface area contributed by atoms with Crippen molar-refractivity contribution in [2.24, 2.45) is 0 Å². The zero-order valence-electron chi connectivity index (χ0n) is 14.9. The van der Waals surface area contributed by atoms with Crippen molar-refractivity contribution in [3.8, 4) is 5.75 Å². The van der Waals surface area contributed by atoms with Crippen molar-refractivity contribution >= 4 is 17.6 Å². The summed E-state index contributed by atoms with van der Waals surface area (Å²) in [6.07, 6.45) is -0.710. The second-order valence-corrected chi connectivity index (χ2v) is 6.31. The monoisotopic (exact) mass is 341 g/mol. The Kier molecular flexibility index (Phi) is 5.80. The zero-order chi connectivity index (χ0) is 18.6. The van der Waals surface area contributed by atoms with Gasteiger partial charge in [0.25, 0.3) is 5.91 Å². The number of aromatic carboxylic acids is 1. The van der Waals surface area contributed by atoms with Crippen LogP contribution in [0, 0.1) is 6.92 Å². The van der Waals surface area contributed by atoms with Crippen molar-refractivity contribution in [2.45, 2.75) is 39.7 Å². The van der Waals surface area contributed by atoms with Gasteiger partial charge in [-0.3, -0.25) is 4.79 Å². The molecule has 0 heterocycles. The number of nitrogens with one attached hydrogen (secondary N) is 1. The molecule has 2 aromatic carbocycles. The molecule has 0 bridgehead atoms. The Morgan fingerprint density at radius 3 is 2.40 bits per heavy atom. The number of rotatable bonds is 6. The van der Waals surface area contributed by atoms with E-state index < -0.39 is 12.1 Å². The van der Waals surface area contributed by atoms with E-state index in [4.69, 9.17) is 9.84 Å². The summed E-state index contributed by atoms with van der Waals surface area (Å²) < 4.78 is 5.71. The molecular formula is C20H23NO4. The van der Waals surface area contributed by atoms with Gasteiger partial charge >= 0.3 is 5.97 Å². The fourth-order valence-electron chi connectivity index (χ4n) is 2.60. The molecular weight excluding hydrogens is 318 g/mol. The van der Waals surface area contributed by atoms with Crippen LogP contribution >= 0.6 is 0 Å². The number of ether oxygens (including phenoxy) is 1. The Labute approximate surface area is 147 Å². The second kappa shape index (κ2) is 7.83. The quantitative estimate of drug-likeness (QED) is 0.825. The molecule has 0 saturated heterocycles. The van der Waals surface area contributed by atoms with Crippen molar-refractivity contribution in [2.75, 3.05) is 5.32 Å². The minimum Gasteiger partial charge on any atom is -0.481 e. The van der Waals surface area contributed by atoms with Gasteiger partial charge in [-0.1, -0.05) is 26.0 Å². The van der Waals surface area contributed by atoms with E-state index in [1.54, 1.807) is 19.1 Å². The molecule has 0 radical (unpaired) electrons. The van der Waals surface area contributed by atoms with Gasteiger partial charge in [-0.15, -0.1) is 0 Å². The Bertz CT molecular complexity index is 783. The van der Waals surface area contributed by atoms with Crippen LogP contribution in [0.1, 0.15) is 48.2 Å². The third kappa shape index (κ3) is 4.83. The summed E-state index contributed by atoms with van der Waals surface area (Å²) in [6, 6.07) is 11.9. The van der Waals surface area contributed by atoms with E-state index in [0.717, 1.165) is 5.56 Å². The third-order valence-electron chi connectivity index (χ3n) is 3.92. The fraction of sp³-hybridized carbons (Fsp3) is 0.300. The molecule has 5 nitrogen and oxygen atoms in total. The second-order valence-electron chi connectivity index (χ2n) is 6.31. The Hall–Kier alpha value is -2.82. The lowest BCUT2D eigenvalue weighted by Crippen LogP contribution is -2.30. The molecule has 1 unspecified atom stereocenters. The van der Waals surface area contributed by atoms with E-state index in [-0.39, 0.29) is 11.5 Å². The average molecular weight is 341 g/mol. The Morgan fingerprint density at radius 2 is 1.80 bits per heavy atom. The molecule has 0 saturated carbocycles. The SMILES string of the molecule is Cc1cc(OC(C)C(=O)Nc2cccc(C(=O)O)c2)ccc1C(C)C. The molecule has 2 aromatic rings. The number of carbonyl (C=O) groups excluding carboxylic acids is 1. The van der Waals surface area contributed by atoms with Gasteiger partial charge in [-0.05, 0) is 61.2 Å². The number of amides is 1. The summed E-state index contributed by atoms with van der Waals surface area (Å²) in [5.74, 6) is -0.325. The minimum absolute atomic E-state index is 0.117. The van der Waals surface area contributed by atoms with Crippen LogP contribution in [0.2, 0.25) is 0 Å². The molecule has 0 aliphatic heterocycles. The maximum absolute atomic E-state index is 12.3. The van der Waals surface area contributed by atoms with Crippen LogP contribution in [0.4, 0.5) is 5.69 Å². The molecule has 0 aromatic heterocycles. The van der Waals surface area contributed by atoms with Crippen LogP contribution in [-0.4, -0.2) is 23.1 Å². The highest BCUT2D eigenvalue weighted by Crippen LogP contribution is 2.24. The predicted octanol–water partition coefficient (Wildman–Crippen LogP) is 4.22. The summed E-state index contributed by atoms with van der Waals surface area (Å²) in [7, 11) is 0. The lowest BCUT2D eigenvalue weighted by atomic mass is 9.98. The van der Waals surface area contributed by atoms with Crippen molar-refractivity contribution in [3.63, 3.8) is 0 Å². The average Bonchev–Trinajstić information content (AvgIpc) is 2.54. The molecule has 5 heteroatoms. The van der Waals surface area contributed by atoms with E-state index in [0.29, 0.717) is 17.4 Å². The highest BCUT2D eigenvalue weighted by Gasteiger charge is 2.16. The van der Waals surface area contributed by atoms with E-state index in [9.17, 15) is 9.59 Å².